The third-order valence-electron chi connectivity index (χ3n) is 4.96. The van der Waals surface area contributed by atoms with E-state index in [1.807, 2.05) is 24.3 Å². The number of thiocarbonyl (C=S) groups is 1. The summed E-state index contributed by atoms with van der Waals surface area (Å²) >= 11 is 5.41. The molecule has 0 spiro atoms. The van der Waals surface area contributed by atoms with Crippen LogP contribution in [0.5, 0.6) is 0 Å². The summed E-state index contributed by atoms with van der Waals surface area (Å²) in [6.45, 7) is 6.03. The number of esters is 1. The minimum Gasteiger partial charge on any atom is -0.461 e. The van der Waals surface area contributed by atoms with Gasteiger partial charge in [0.1, 0.15) is 0 Å². The SMILES string of the molecule is CCOC(=O)c1[nH]n(-c2ccccc2)c(=O)c1C=NC(=S)Nc1c(CC)cccc1CC. The average Bonchev–Trinajstić information content (AvgIpc) is 3.14. The zero-order valence-electron chi connectivity index (χ0n) is 18.3. The number of aromatic amines is 1. The molecule has 0 amide bonds. The maximum absolute atomic E-state index is 13.0. The van der Waals surface area contributed by atoms with Crippen molar-refractivity contribution in [3.05, 3.63) is 81.3 Å². The van der Waals surface area contributed by atoms with Gasteiger partial charge in [0.25, 0.3) is 5.56 Å². The van der Waals surface area contributed by atoms with E-state index in [1.165, 1.54) is 10.9 Å². The predicted molar refractivity (Wildman–Crippen MR) is 131 cm³/mol. The topological polar surface area (TPSA) is 88.5 Å². The summed E-state index contributed by atoms with van der Waals surface area (Å²) in [5.41, 5.74) is 3.46. The van der Waals surface area contributed by atoms with Gasteiger partial charge in [0.2, 0.25) is 0 Å². The zero-order valence-corrected chi connectivity index (χ0v) is 19.2. The molecule has 0 saturated heterocycles. The van der Waals surface area contributed by atoms with Gasteiger partial charge in [0, 0.05) is 11.9 Å². The molecular weight excluding hydrogens is 424 g/mol. The van der Waals surface area contributed by atoms with Crippen molar-refractivity contribution in [2.75, 3.05) is 11.9 Å². The third-order valence-corrected chi connectivity index (χ3v) is 5.17. The van der Waals surface area contributed by atoms with Crippen molar-refractivity contribution in [3.8, 4) is 5.69 Å². The molecule has 0 aliphatic carbocycles. The standard InChI is InChI=1S/C24H26N4O3S/c1-4-16-11-10-12-17(5-2)20(16)26-24(32)25-15-19-21(23(30)31-6-3)27-28(22(19)29)18-13-8-7-9-14-18/h7-15,27H,4-6H2,1-3H3,(H,26,32). The highest BCUT2D eigenvalue weighted by Gasteiger charge is 2.21. The summed E-state index contributed by atoms with van der Waals surface area (Å²) in [5.74, 6) is -0.635. The highest BCUT2D eigenvalue weighted by atomic mass is 32.1. The summed E-state index contributed by atoms with van der Waals surface area (Å²) in [4.78, 5) is 29.8. The number of hydrogen-bond acceptors (Lipinski definition) is 4. The van der Waals surface area contributed by atoms with Crippen molar-refractivity contribution < 1.29 is 9.53 Å². The van der Waals surface area contributed by atoms with E-state index in [4.69, 9.17) is 17.0 Å². The van der Waals surface area contributed by atoms with Crippen LogP contribution >= 0.6 is 12.2 Å². The van der Waals surface area contributed by atoms with E-state index in [1.54, 1.807) is 31.2 Å². The Labute approximate surface area is 192 Å². The molecule has 0 saturated carbocycles. The smallest absolute Gasteiger partial charge is 0.357 e. The molecule has 1 aromatic heterocycles. The van der Waals surface area contributed by atoms with E-state index in [9.17, 15) is 9.59 Å². The van der Waals surface area contributed by atoms with Crippen LogP contribution in [-0.2, 0) is 17.6 Å². The largest absolute Gasteiger partial charge is 0.461 e. The van der Waals surface area contributed by atoms with Crippen molar-refractivity contribution in [3.63, 3.8) is 0 Å². The van der Waals surface area contributed by atoms with Crippen molar-refractivity contribution in [1.29, 1.82) is 0 Å². The first-order valence-corrected chi connectivity index (χ1v) is 10.9. The summed E-state index contributed by atoms with van der Waals surface area (Å²) in [7, 11) is 0. The van der Waals surface area contributed by atoms with Gasteiger partial charge in [-0.1, -0.05) is 50.2 Å². The number of aryl methyl sites for hydroxylation is 2. The van der Waals surface area contributed by atoms with Crippen LogP contribution in [0, 0.1) is 0 Å². The number of ether oxygens (including phenoxy) is 1. The number of hydrogen-bond donors (Lipinski definition) is 2. The lowest BCUT2D eigenvalue weighted by molar-refractivity contribution is 0.0519. The number of benzene rings is 2. The fourth-order valence-corrected chi connectivity index (χ4v) is 3.51. The Morgan fingerprint density at radius 3 is 2.34 bits per heavy atom. The molecule has 0 bridgehead atoms. The maximum Gasteiger partial charge on any atom is 0.357 e. The number of nitrogens with one attached hydrogen (secondary N) is 2. The molecule has 0 aliphatic heterocycles. The summed E-state index contributed by atoms with van der Waals surface area (Å²) < 4.78 is 6.39. The first-order valence-electron chi connectivity index (χ1n) is 10.5. The highest BCUT2D eigenvalue weighted by Crippen LogP contribution is 2.22. The Bertz CT molecular complexity index is 1170. The van der Waals surface area contributed by atoms with Gasteiger partial charge in [-0.3, -0.25) is 9.89 Å². The molecule has 0 aliphatic rings. The number of H-pyrrole nitrogens is 1. The second kappa shape index (κ2) is 10.7. The van der Waals surface area contributed by atoms with Gasteiger partial charge in [-0.2, -0.15) is 0 Å². The molecular formula is C24H26N4O3S. The molecule has 0 unspecified atom stereocenters. The molecule has 7 nitrogen and oxygen atoms in total. The van der Waals surface area contributed by atoms with E-state index in [0.717, 1.165) is 29.7 Å². The van der Waals surface area contributed by atoms with Gasteiger partial charge in [-0.25, -0.2) is 14.5 Å². The molecule has 8 heteroatoms. The number of carbonyl (C=O) groups is 1. The number of aliphatic imine (C=N–C) groups is 1. The lowest BCUT2D eigenvalue weighted by Crippen LogP contribution is -2.18. The molecule has 0 atom stereocenters. The Kier molecular flexibility index (Phi) is 7.72. The third kappa shape index (κ3) is 5.03. The van der Waals surface area contributed by atoms with Crippen LogP contribution < -0.4 is 10.9 Å². The Morgan fingerprint density at radius 2 is 1.75 bits per heavy atom. The van der Waals surface area contributed by atoms with Gasteiger partial charge in [-0.15, -0.1) is 0 Å². The first kappa shape index (κ1) is 23.1. The van der Waals surface area contributed by atoms with Gasteiger partial charge in [0.05, 0.1) is 17.9 Å². The number of para-hydroxylation sites is 2. The van der Waals surface area contributed by atoms with Gasteiger partial charge < -0.3 is 10.1 Å². The average molecular weight is 451 g/mol. The number of anilines is 1. The van der Waals surface area contributed by atoms with Crippen LogP contribution in [0.1, 0.15) is 48.0 Å². The maximum atomic E-state index is 13.0. The van der Waals surface area contributed by atoms with E-state index >= 15 is 0 Å². The van der Waals surface area contributed by atoms with Crippen molar-refractivity contribution in [2.24, 2.45) is 4.99 Å². The second-order valence-electron chi connectivity index (χ2n) is 6.94. The lowest BCUT2D eigenvalue weighted by atomic mass is 10.0. The molecule has 3 aromatic rings. The highest BCUT2D eigenvalue weighted by molar-refractivity contribution is 7.80. The number of rotatable bonds is 7. The molecule has 2 aromatic carbocycles. The minimum absolute atomic E-state index is 0.0236. The first-order chi connectivity index (χ1) is 15.5. The summed E-state index contributed by atoms with van der Waals surface area (Å²) in [6, 6.07) is 15.1. The van der Waals surface area contributed by atoms with Gasteiger partial charge in [-0.05, 0) is 55.2 Å². The van der Waals surface area contributed by atoms with Gasteiger partial charge >= 0.3 is 5.97 Å². The molecule has 166 valence electrons. The van der Waals surface area contributed by atoms with E-state index < -0.39 is 11.5 Å². The van der Waals surface area contributed by atoms with Crippen molar-refractivity contribution in [1.82, 2.24) is 9.78 Å². The van der Waals surface area contributed by atoms with Gasteiger partial charge in [0.15, 0.2) is 10.8 Å². The van der Waals surface area contributed by atoms with Crippen LogP contribution in [0.4, 0.5) is 5.69 Å². The number of nitrogens with zero attached hydrogens (tertiary/aromatic N) is 2. The number of carbonyl (C=O) groups excluding carboxylic acids is 1. The Hall–Kier alpha value is -3.52. The van der Waals surface area contributed by atoms with Crippen LogP contribution in [0.3, 0.4) is 0 Å². The zero-order chi connectivity index (χ0) is 23.1. The summed E-state index contributed by atoms with van der Waals surface area (Å²) in [5, 5.41) is 6.21. The molecule has 32 heavy (non-hydrogen) atoms. The Balaban J connectivity index is 1.96. The van der Waals surface area contributed by atoms with E-state index in [-0.39, 0.29) is 23.0 Å². The molecule has 0 fully saturated rings. The lowest BCUT2D eigenvalue weighted by Gasteiger charge is -2.14. The predicted octanol–water partition coefficient (Wildman–Crippen LogP) is 4.28. The molecule has 2 N–H and O–H groups in total. The van der Waals surface area contributed by atoms with Crippen molar-refractivity contribution >= 4 is 35.2 Å². The van der Waals surface area contributed by atoms with E-state index in [0.29, 0.717) is 5.69 Å². The molecule has 0 radical (unpaired) electrons. The Morgan fingerprint density at radius 1 is 1.09 bits per heavy atom. The monoisotopic (exact) mass is 450 g/mol. The number of aromatic nitrogens is 2. The fourth-order valence-electron chi connectivity index (χ4n) is 3.35. The second-order valence-corrected chi connectivity index (χ2v) is 7.33. The fraction of sp³-hybridized carbons (Fsp3) is 0.250. The van der Waals surface area contributed by atoms with Crippen molar-refractivity contribution in [2.45, 2.75) is 33.6 Å². The van der Waals surface area contributed by atoms with E-state index in [2.05, 4.69) is 29.3 Å². The van der Waals surface area contributed by atoms with Crippen LogP contribution in [-0.4, -0.2) is 33.7 Å². The minimum atomic E-state index is -0.635. The van der Waals surface area contributed by atoms with Crippen LogP contribution in [0.2, 0.25) is 0 Å². The molecule has 3 rings (SSSR count). The van der Waals surface area contributed by atoms with Crippen LogP contribution in [0.25, 0.3) is 5.69 Å². The quantitative estimate of drug-likeness (QED) is 0.319. The molecule has 1 heterocycles. The normalized spacial score (nSPS) is 11.0. The summed E-state index contributed by atoms with van der Waals surface area (Å²) in [6.07, 6.45) is 2.99. The van der Waals surface area contributed by atoms with Crippen LogP contribution in [0.15, 0.2) is 58.3 Å².